The van der Waals surface area contributed by atoms with E-state index in [2.05, 4.69) is 52.7 Å². The summed E-state index contributed by atoms with van der Waals surface area (Å²) in [5.74, 6) is 6.55. The molecule has 1 fully saturated rings. The van der Waals surface area contributed by atoms with Crippen LogP contribution in [0.1, 0.15) is 53.7 Å². The Hall–Kier alpha value is -3.73. The van der Waals surface area contributed by atoms with Crippen molar-refractivity contribution in [1.82, 2.24) is 15.1 Å². The van der Waals surface area contributed by atoms with Crippen LogP contribution in [0.5, 0.6) is 0 Å². The number of amides is 2. The summed E-state index contributed by atoms with van der Waals surface area (Å²) in [6, 6.07) is 3.98. The number of aryl methyl sites for hydroxylation is 1. The van der Waals surface area contributed by atoms with Gasteiger partial charge in [-0.05, 0) is 55.5 Å². The first-order chi connectivity index (χ1) is 18.8. The molecule has 0 aromatic heterocycles. The van der Waals surface area contributed by atoms with Gasteiger partial charge in [-0.1, -0.05) is 60.8 Å². The number of carbonyl (C=O) groups excluding carboxylic acids is 2. The van der Waals surface area contributed by atoms with Crippen LogP contribution in [0.25, 0.3) is 6.08 Å². The van der Waals surface area contributed by atoms with Crippen molar-refractivity contribution in [3.8, 4) is 11.8 Å². The molecule has 3 heterocycles. The zero-order valence-corrected chi connectivity index (χ0v) is 23.1. The molecule has 0 bridgehead atoms. The predicted octanol–water partition coefficient (Wildman–Crippen LogP) is 3.81. The van der Waals surface area contributed by atoms with Crippen LogP contribution in [-0.4, -0.2) is 72.4 Å². The Bertz CT molecular complexity index is 1400. The Morgan fingerprint density at radius 3 is 2.67 bits per heavy atom. The van der Waals surface area contributed by atoms with E-state index in [1.807, 2.05) is 25.1 Å². The molecule has 1 aromatic rings. The average Bonchev–Trinajstić information content (AvgIpc) is 3.29. The number of hydrogen-bond acceptors (Lipinski definition) is 5. The number of hydrogen-bond donors (Lipinski definition) is 1. The average molecular weight is 525 g/mol. The van der Waals surface area contributed by atoms with Crippen molar-refractivity contribution in [2.45, 2.75) is 45.7 Å². The van der Waals surface area contributed by atoms with E-state index in [-0.39, 0.29) is 18.4 Å². The number of fused-ring (bicyclic) bond motifs is 1. The van der Waals surface area contributed by atoms with Gasteiger partial charge in [-0.15, -0.1) is 0 Å². The van der Waals surface area contributed by atoms with Gasteiger partial charge in [0.2, 0.25) is 5.54 Å². The van der Waals surface area contributed by atoms with Crippen LogP contribution in [0.4, 0.5) is 0 Å². The summed E-state index contributed by atoms with van der Waals surface area (Å²) >= 11 is 0. The monoisotopic (exact) mass is 524 g/mol. The molecule has 1 unspecified atom stereocenters. The summed E-state index contributed by atoms with van der Waals surface area (Å²) in [6.45, 7) is 14.6. The van der Waals surface area contributed by atoms with E-state index < -0.39 is 5.54 Å². The topological polar surface area (TPSA) is 74.2 Å². The Morgan fingerprint density at radius 2 is 1.97 bits per heavy atom. The third kappa shape index (κ3) is 5.54. The molecule has 7 nitrogen and oxygen atoms in total. The van der Waals surface area contributed by atoms with Gasteiger partial charge in [-0.2, -0.15) is 0 Å². The van der Waals surface area contributed by atoms with Gasteiger partial charge in [0.05, 0.1) is 25.3 Å². The Balaban J connectivity index is 1.43. The first kappa shape index (κ1) is 26.9. The molecule has 0 radical (unpaired) electrons. The molecule has 1 aliphatic carbocycles. The van der Waals surface area contributed by atoms with Crippen LogP contribution in [0.15, 0.2) is 58.7 Å². The van der Waals surface area contributed by atoms with Gasteiger partial charge < -0.3 is 15.0 Å². The number of rotatable bonds is 6. The number of benzene rings is 1. The van der Waals surface area contributed by atoms with Crippen molar-refractivity contribution < 1.29 is 14.3 Å². The quantitative estimate of drug-likeness (QED) is 0.575. The first-order valence-corrected chi connectivity index (χ1v) is 13.7. The predicted molar refractivity (Wildman–Crippen MR) is 154 cm³/mol. The third-order valence-electron chi connectivity index (χ3n) is 7.78. The summed E-state index contributed by atoms with van der Waals surface area (Å²) in [7, 11) is 0. The van der Waals surface area contributed by atoms with Gasteiger partial charge in [0.15, 0.2) is 0 Å². The SMILES string of the molecule is C=Cc1c(C)ccc2c1C(=O)N(CC1(C#CC3=CC=C(CN4CCOCC4)CC(CC)=C3)N=C(C)NC1=O)C2. The van der Waals surface area contributed by atoms with Gasteiger partial charge in [-0.3, -0.25) is 14.5 Å². The standard InChI is InChI=1S/C32H36N4O3/c1-5-24-17-25(8-9-26(18-24)19-35-13-15-39-16-14-35)11-12-32(31(38)33-23(4)34-32)21-36-20-27-10-7-22(3)28(6-2)29(27)30(36)37/h6-10,17H,2,5,13-16,18-21H2,1,3-4H3,(H,33,34,38). The lowest BCUT2D eigenvalue weighted by Crippen LogP contribution is -2.48. The molecule has 202 valence electrons. The Kier molecular flexibility index (Phi) is 7.69. The van der Waals surface area contributed by atoms with Gasteiger partial charge in [0.25, 0.3) is 11.8 Å². The Morgan fingerprint density at radius 1 is 1.18 bits per heavy atom. The first-order valence-electron chi connectivity index (χ1n) is 13.7. The zero-order chi connectivity index (χ0) is 27.6. The van der Waals surface area contributed by atoms with Crippen LogP contribution in [0.3, 0.4) is 0 Å². The smallest absolute Gasteiger partial charge is 0.267 e. The van der Waals surface area contributed by atoms with Crippen LogP contribution < -0.4 is 5.32 Å². The maximum absolute atomic E-state index is 13.5. The summed E-state index contributed by atoms with van der Waals surface area (Å²) in [5, 5.41) is 2.81. The molecule has 4 aliphatic rings. The number of ether oxygens (including phenoxy) is 1. The number of carbonyl (C=O) groups is 2. The van der Waals surface area contributed by atoms with E-state index >= 15 is 0 Å². The number of aliphatic imine (C=N–C) groups is 1. The summed E-state index contributed by atoms with van der Waals surface area (Å²) in [4.78, 5) is 35.5. The maximum Gasteiger partial charge on any atom is 0.267 e. The highest BCUT2D eigenvalue weighted by molar-refractivity contribution is 6.10. The van der Waals surface area contributed by atoms with Crippen molar-refractivity contribution in [2.24, 2.45) is 4.99 Å². The molecule has 2 amide bonds. The van der Waals surface area contributed by atoms with E-state index in [4.69, 9.17) is 4.74 Å². The lowest BCUT2D eigenvalue weighted by Gasteiger charge is -2.27. The Labute approximate surface area is 231 Å². The van der Waals surface area contributed by atoms with E-state index in [9.17, 15) is 9.59 Å². The van der Waals surface area contributed by atoms with Gasteiger partial charge >= 0.3 is 0 Å². The van der Waals surface area contributed by atoms with Crippen LogP contribution in [0, 0.1) is 18.8 Å². The molecule has 5 rings (SSSR count). The number of morpholine rings is 1. The molecule has 39 heavy (non-hydrogen) atoms. The molecular weight excluding hydrogens is 488 g/mol. The molecule has 1 atom stereocenters. The molecule has 3 aliphatic heterocycles. The van der Waals surface area contributed by atoms with Crippen molar-refractivity contribution in [3.63, 3.8) is 0 Å². The highest BCUT2D eigenvalue weighted by Gasteiger charge is 2.45. The molecular formula is C32H36N4O3. The molecule has 0 saturated carbocycles. The van der Waals surface area contributed by atoms with Gasteiger partial charge in [0, 0.05) is 31.8 Å². The minimum Gasteiger partial charge on any atom is -0.379 e. The van der Waals surface area contributed by atoms with E-state index in [1.54, 1.807) is 17.9 Å². The molecule has 1 saturated heterocycles. The number of amidine groups is 1. The fraction of sp³-hybridized carbons (Fsp3) is 0.406. The van der Waals surface area contributed by atoms with Crippen LogP contribution in [-0.2, 0) is 16.1 Å². The minimum absolute atomic E-state index is 0.0854. The van der Waals surface area contributed by atoms with Gasteiger partial charge in [0.1, 0.15) is 5.84 Å². The van der Waals surface area contributed by atoms with Crippen molar-refractivity contribution >= 4 is 23.7 Å². The summed E-state index contributed by atoms with van der Waals surface area (Å²) < 4.78 is 5.49. The zero-order valence-electron chi connectivity index (χ0n) is 23.1. The molecule has 1 aromatic carbocycles. The maximum atomic E-state index is 13.5. The minimum atomic E-state index is -1.36. The van der Waals surface area contributed by atoms with Crippen LogP contribution >= 0.6 is 0 Å². The highest BCUT2D eigenvalue weighted by atomic mass is 16.5. The fourth-order valence-corrected chi connectivity index (χ4v) is 5.63. The van der Waals surface area contributed by atoms with Crippen molar-refractivity contribution in [2.75, 3.05) is 39.4 Å². The van der Waals surface area contributed by atoms with Crippen molar-refractivity contribution in [1.29, 1.82) is 0 Å². The second-order valence-electron chi connectivity index (χ2n) is 10.6. The van der Waals surface area contributed by atoms with Crippen molar-refractivity contribution in [3.05, 3.63) is 75.9 Å². The molecule has 7 heteroatoms. The van der Waals surface area contributed by atoms with E-state index in [1.165, 1.54) is 11.1 Å². The lowest BCUT2D eigenvalue weighted by atomic mass is 9.98. The second-order valence-corrected chi connectivity index (χ2v) is 10.6. The largest absolute Gasteiger partial charge is 0.379 e. The molecule has 1 N–H and O–H groups in total. The number of nitrogens with one attached hydrogen (secondary N) is 1. The summed E-state index contributed by atoms with van der Waals surface area (Å²) in [6.07, 6.45) is 9.89. The number of allylic oxidation sites excluding steroid dienone is 5. The van der Waals surface area contributed by atoms with E-state index in [0.29, 0.717) is 17.9 Å². The molecule has 0 spiro atoms. The summed E-state index contributed by atoms with van der Waals surface area (Å²) in [5.41, 5.74) is 5.56. The third-order valence-corrected chi connectivity index (χ3v) is 7.78. The van der Waals surface area contributed by atoms with E-state index in [0.717, 1.165) is 68.0 Å². The number of nitrogens with zero attached hydrogens (tertiary/aromatic N) is 3. The van der Waals surface area contributed by atoms with Crippen LogP contribution in [0.2, 0.25) is 0 Å². The highest BCUT2D eigenvalue weighted by Crippen LogP contribution is 2.31. The second kappa shape index (κ2) is 11.2. The lowest BCUT2D eigenvalue weighted by molar-refractivity contribution is -0.122. The van der Waals surface area contributed by atoms with Gasteiger partial charge in [-0.25, -0.2) is 4.99 Å². The normalized spacial score (nSPS) is 23.1. The fourth-order valence-electron chi connectivity index (χ4n) is 5.63.